The molecular formula is C13H15Cl2F. The SMILES string of the molecule is Fc1cccc(CC2CCCCC2Cl)c1Cl. The molecule has 88 valence electrons. The Hall–Kier alpha value is -0.270. The third kappa shape index (κ3) is 2.70. The molecule has 1 aliphatic rings. The Bertz CT molecular complexity index is 365. The first-order chi connectivity index (χ1) is 7.68. The molecule has 16 heavy (non-hydrogen) atoms. The normalized spacial score (nSPS) is 25.7. The minimum Gasteiger partial charge on any atom is -0.205 e. The lowest BCUT2D eigenvalue weighted by Crippen LogP contribution is -2.21. The first-order valence-electron chi connectivity index (χ1n) is 5.75. The Kier molecular flexibility index (Phi) is 4.10. The van der Waals surface area contributed by atoms with Gasteiger partial charge in [0, 0.05) is 5.38 Å². The maximum atomic E-state index is 13.3. The van der Waals surface area contributed by atoms with E-state index in [4.69, 9.17) is 23.2 Å². The largest absolute Gasteiger partial charge is 0.205 e. The maximum absolute atomic E-state index is 13.3. The second-order valence-electron chi connectivity index (χ2n) is 4.48. The third-order valence-electron chi connectivity index (χ3n) is 3.33. The number of halogens is 3. The highest BCUT2D eigenvalue weighted by molar-refractivity contribution is 6.31. The molecule has 1 aromatic carbocycles. The van der Waals surface area contributed by atoms with Gasteiger partial charge in [0.2, 0.25) is 0 Å². The molecule has 0 N–H and O–H groups in total. The fourth-order valence-corrected chi connectivity index (χ4v) is 2.95. The number of hydrogen-bond acceptors (Lipinski definition) is 0. The van der Waals surface area contributed by atoms with Gasteiger partial charge in [-0.1, -0.05) is 36.6 Å². The van der Waals surface area contributed by atoms with Gasteiger partial charge in [-0.2, -0.15) is 0 Å². The Morgan fingerprint density at radius 2 is 2.00 bits per heavy atom. The average Bonchev–Trinajstić information content (AvgIpc) is 2.28. The molecule has 2 unspecified atom stereocenters. The van der Waals surface area contributed by atoms with Crippen LogP contribution in [0, 0.1) is 11.7 Å². The molecule has 2 rings (SSSR count). The summed E-state index contributed by atoms with van der Waals surface area (Å²) in [6, 6.07) is 5.00. The van der Waals surface area contributed by atoms with Crippen molar-refractivity contribution in [2.45, 2.75) is 37.5 Å². The van der Waals surface area contributed by atoms with Gasteiger partial charge in [0.1, 0.15) is 5.82 Å². The minimum atomic E-state index is -0.332. The van der Waals surface area contributed by atoms with Crippen molar-refractivity contribution in [3.05, 3.63) is 34.6 Å². The van der Waals surface area contributed by atoms with E-state index in [1.807, 2.05) is 6.07 Å². The summed E-state index contributed by atoms with van der Waals surface area (Å²) < 4.78 is 13.3. The molecule has 0 bridgehead atoms. The van der Waals surface area contributed by atoms with Crippen LogP contribution in [0.3, 0.4) is 0 Å². The molecule has 1 aromatic rings. The van der Waals surface area contributed by atoms with E-state index in [9.17, 15) is 4.39 Å². The van der Waals surface area contributed by atoms with Gasteiger partial charge < -0.3 is 0 Å². The van der Waals surface area contributed by atoms with Crippen LogP contribution in [-0.2, 0) is 6.42 Å². The molecule has 0 aromatic heterocycles. The first kappa shape index (κ1) is 12.2. The van der Waals surface area contributed by atoms with Crippen LogP contribution in [0.1, 0.15) is 31.2 Å². The fourth-order valence-electron chi connectivity index (χ4n) is 2.38. The van der Waals surface area contributed by atoms with Crippen molar-refractivity contribution in [1.29, 1.82) is 0 Å². The monoisotopic (exact) mass is 260 g/mol. The van der Waals surface area contributed by atoms with Gasteiger partial charge in [-0.25, -0.2) is 4.39 Å². The van der Waals surface area contributed by atoms with Crippen molar-refractivity contribution < 1.29 is 4.39 Å². The highest BCUT2D eigenvalue weighted by Crippen LogP contribution is 2.33. The third-order valence-corrected chi connectivity index (χ3v) is 4.33. The summed E-state index contributed by atoms with van der Waals surface area (Å²) in [5, 5.41) is 0.477. The van der Waals surface area contributed by atoms with Crippen molar-refractivity contribution in [2.24, 2.45) is 5.92 Å². The summed E-state index contributed by atoms with van der Waals surface area (Å²) in [6.45, 7) is 0. The highest BCUT2D eigenvalue weighted by Gasteiger charge is 2.24. The van der Waals surface area contributed by atoms with Crippen LogP contribution in [-0.4, -0.2) is 5.38 Å². The van der Waals surface area contributed by atoms with Gasteiger partial charge in [0.15, 0.2) is 0 Å². The predicted octanol–water partition coefficient (Wildman–Crippen LogP) is 4.82. The van der Waals surface area contributed by atoms with E-state index in [0.717, 1.165) is 24.8 Å². The smallest absolute Gasteiger partial charge is 0.142 e. The second-order valence-corrected chi connectivity index (χ2v) is 5.42. The molecule has 1 fully saturated rings. The predicted molar refractivity (Wildman–Crippen MR) is 66.7 cm³/mol. The zero-order valence-corrected chi connectivity index (χ0v) is 10.6. The maximum Gasteiger partial charge on any atom is 0.142 e. The van der Waals surface area contributed by atoms with E-state index in [2.05, 4.69) is 0 Å². The van der Waals surface area contributed by atoms with Crippen LogP contribution in [0.2, 0.25) is 5.02 Å². The first-order valence-corrected chi connectivity index (χ1v) is 6.57. The van der Waals surface area contributed by atoms with Crippen LogP contribution in [0.15, 0.2) is 18.2 Å². The summed E-state index contributed by atoms with van der Waals surface area (Å²) in [7, 11) is 0. The van der Waals surface area contributed by atoms with Crippen LogP contribution in [0.4, 0.5) is 4.39 Å². The lowest BCUT2D eigenvalue weighted by Gasteiger charge is -2.27. The highest BCUT2D eigenvalue weighted by atomic mass is 35.5. The van der Waals surface area contributed by atoms with Crippen molar-refractivity contribution in [1.82, 2.24) is 0 Å². The summed E-state index contributed by atoms with van der Waals surface area (Å²) in [4.78, 5) is 0. The molecule has 0 heterocycles. The fraction of sp³-hybridized carbons (Fsp3) is 0.538. The van der Waals surface area contributed by atoms with Gasteiger partial charge in [0.05, 0.1) is 5.02 Å². The van der Waals surface area contributed by atoms with Gasteiger partial charge in [0.25, 0.3) is 0 Å². The topological polar surface area (TPSA) is 0 Å². The molecule has 0 aliphatic heterocycles. The lowest BCUT2D eigenvalue weighted by atomic mass is 9.84. The molecule has 0 nitrogen and oxygen atoms in total. The molecule has 0 amide bonds. The zero-order valence-electron chi connectivity index (χ0n) is 9.06. The van der Waals surface area contributed by atoms with Gasteiger partial charge in [-0.15, -0.1) is 11.6 Å². The summed E-state index contributed by atoms with van der Waals surface area (Å²) >= 11 is 12.2. The van der Waals surface area contributed by atoms with E-state index < -0.39 is 0 Å². The molecule has 0 spiro atoms. The number of hydrogen-bond donors (Lipinski definition) is 0. The van der Waals surface area contributed by atoms with E-state index in [-0.39, 0.29) is 16.2 Å². The lowest BCUT2D eigenvalue weighted by molar-refractivity contribution is 0.363. The van der Waals surface area contributed by atoms with Crippen molar-refractivity contribution in [3.8, 4) is 0 Å². The van der Waals surface area contributed by atoms with E-state index in [0.29, 0.717) is 5.92 Å². The Balaban J connectivity index is 2.10. The van der Waals surface area contributed by atoms with Crippen LogP contribution in [0.5, 0.6) is 0 Å². The number of alkyl halides is 1. The van der Waals surface area contributed by atoms with Crippen molar-refractivity contribution in [2.75, 3.05) is 0 Å². The molecular weight excluding hydrogens is 246 g/mol. The van der Waals surface area contributed by atoms with Gasteiger partial charge in [-0.05, 0) is 36.8 Å². The molecule has 2 atom stereocenters. The van der Waals surface area contributed by atoms with Crippen molar-refractivity contribution in [3.63, 3.8) is 0 Å². The Morgan fingerprint density at radius 1 is 1.25 bits per heavy atom. The standard InChI is InChI=1S/C13H15Cl2F/c14-11-6-2-1-4-9(11)8-10-5-3-7-12(16)13(10)15/h3,5,7,9,11H,1-2,4,6,8H2. The average molecular weight is 261 g/mol. The molecule has 3 heteroatoms. The second kappa shape index (κ2) is 5.37. The van der Waals surface area contributed by atoms with Crippen molar-refractivity contribution >= 4 is 23.2 Å². The Labute approximate surface area is 106 Å². The molecule has 1 saturated carbocycles. The minimum absolute atomic E-state index is 0.216. The summed E-state index contributed by atoms with van der Waals surface area (Å²) in [5.41, 5.74) is 0.888. The summed E-state index contributed by atoms with van der Waals surface area (Å²) in [5.74, 6) is 0.107. The van der Waals surface area contributed by atoms with Crippen LogP contribution in [0.25, 0.3) is 0 Å². The summed E-state index contributed by atoms with van der Waals surface area (Å²) in [6.07, 6.45) is 5.42. The van der Waals surface area contributed by atoms with E-state index >= 15 is 0 Å². The quantitative estimate of drug-likeness (QED) is 0.669. The van der Waals surface area contributed by atoms with Crippen LogP contribution >= 0.6 is 23.2 Å². The van der Waals surface area contributed by atoms with Gasteiger partial charge in [-0.3, -0.25) is 0 Å². The Morgan fingerprint density at radius 3 is 2.75 bits per heavy atom. The number of benzene rings is 1. The van der Waals surface area contributed by atoms with Crippen LogP contribution < -0.4 is 0 Å². The molecule has 1 aliphatic carbocycles. The molecule has 0 saturated heterocycles. The zero-order chi connectivity index (χ0) is 11.5. The van der Waals surface area contributed by atoms with E-state index in [1.54, 1.807) is 6.07 Å². The van der Waals surface area contributed by atoms with E-state index in [1.165, 1.54) is 18.9 Å². The number of rotatable bonds is 2. The van der Waals surface area contributed by atoms with Gasteiger partial charge >= 0.3 is 0 Å². The molecule has 0 radical (unpaired) electrons.